The summed E-state index contributed by atoms with van der Waals surface area (Å²) in [5.74, 6) is 0.617. The lowest BCUT2D eigenvalue weighted by Crippen LogP contribution is -2.40. The Bertz CT molecular complexity index is 831. The SMILES string of the molecule is CCOC(=O)[C@H]1CCCN(Cn2nc(-c3ccc(Cl)cc3)n(C)c2=S)C1. The minimum Gasteiger partial charge on any atom is -0.466 e. The molecule has 0 amide bonds. The predicted molar refractivity (Wildman–Crippen MR) is 103 cm³/mol. The van der Waals surface area contributed by atoms with Gasteiger partial charge in [0.15, 0.2) is 10.6 Å². The van der Waals surface area contributed by atoms with Crippen LogP contribution in [0, 0.1) is 10.7 Å². The molecule has 2 aromatic rings. The van der Waals surface area contributed by atoms with E-state index in [1.807, 2.05) is 47.5 Å². The molecule has 0 unspecified atom stereocenters. The van der Waals surface area contributed by atoms with Gasteiger partial charge in [-0.15, -0.1) is 0 Å². The summed E-state index contributed by atoms with van der Waals surface area (Å²) in [5, 5.41) is 5.37. The zero-order valence-corrected chi connectivity index (χ0v) is 16.6. The summed E-state index contributed by atoms with van der Waals surface area (Å²) in [7, 11) is 1.91. The van der Waals surface area contributed by atoms with Crippen molar-refractivity contribution in [3.05, 3.63) is 34.1 Å². The van der Waals surface area contributed by atoms with Crippen LogP contribution in [0.25, 0.3) is 11.4 Å². The van der Waals surface area contributed by atoms with Gasteiger partial charge in [-0.25, -0.2) is 4.68 Å². The quantitative estimate of drug-likeness (QED) is 0.573. The summed E-state index contributed by atoms with van der Waals surface area (Å²) >= 11 is 11.5. The second-order valence-electron chi connectivity index (χ2n) is 6.48. The number of benzene rings is 1. The van der Waals surface area contributed by atoms with E-state index in [4.69, 9.17) is 28.6 Å². The van der Waals surface area contributed by atoms with Gasteiger partial charge in [-0.1, -0.05) is 11.6 Å². The Morgan fingerprint density at radius 2 is 2.12 bits per heavy atom. The van der Waals surface area contributed by atoms with Gasteiger partial charge in [0.25, 0.3) is 0 Å². The standard InChI is InChI=1S/C18H23ClN4O2S/c1-3-25-17(24)14-5-4-10-22(11-14)12-23-18(26)21(2)16(20-23)13-6-8-15(19)9-7-13/h6-9,14H,3-5,10-12H2,1-2H3/t14-/m0/s1. The van der Waals surface area contributed by atoms with Crippen molar-refractivity contribution in [1.82, 2.24) is 19.2 Å². The van der Waals surface area contributed by atoms with E-state index in [-0.39, 0.29) is 11.9 Å². The maximum absolute atomic E-state index is 12.0. The Labute approximate surface area is 163 Å². The summed E-state index contributed by atoms with van der Waals surface area (Å²) in [6, 6.07) is 7.55. The number of hydrogen-bond acceptors (Lipinski definition) is 5. The molecular formula is C18H23ClN4O2S. The number of ether oxygens (including phenoxy) is 1. The molecule has 1 aromatic carbocycles. The Hall–Kier alpha value is -1.70. The highest BCUT2D eigenvalue weighted by Crippen LogP contribution is 2.22. The van der Waals surface area contributed by atoms with Crippen LogP contribution < -0.4 is 0 Å². The molecule has 1 fully saturated rings. The molecule has 0 N–H and O–H groups in total. The van der Waals surface area contributed by atoms with Crippen LogP contribution >= 0.6 is 23.8 Å². The van der Waals surface area contributed by atoms with Crippen LogP contribution in [0.5, 0.6) is 0 Å². The van der Waals surface area contributed by atoms with Crippen LogP contribution in [-0.4, -0.2) is 44.9 Å². The molecule has 0 saturated carbocycles. The van der Waals surface area contributed by atoms with Crippen molar-refractivity contribution in [2.24, 2.45) is 13.0 Å². The molecule has 140 valence electrons. The van der Waals surface area contributed by atoms with Crippen LogP contribution in [0.3, 0.4) is 0 Å². The summed E-state index contributed by atoms with van der Waals surface area (Å²) < 4.78 is 9.52. The number of halogens is 1. The molecular weight excluding hydrogens is 372 g/mol. The molecule has 1 atom stereocenters. The number of rotatable bonds is 5. The first kappa shape index (κ1) is 19.1. The molecule has 1 aliphatic rings. The van der Waals surface area contributed by atoms with Gasteiger partial charge >= 0.3 is 5.97 Å². The highest BCUT2D eigenvalue weighted by Gasteiger charge is 2.27. The fourth-order valence-corrected chi connectivity index (χ4v) is 3.57. The molecule has 1 saturated heterocycles. The first-order chi connectivity index (χ1) is 12.5. The molecule has 1 aromatic heterocycles. The molecule has 0 spiro atoms. The van der Waals surface area contributed by atoms with E-state index in [9.17, 15) is 4.79 Å². The first-order valence-electron chi connectivity index (χ1n) is 8.78. The number of nitrogens with zero attached hydrogens (tertiary/aromatic N) is 4. The Kier molecular flexibility index (Phi) is 6.11. The molecule has 3 rings (SSSR count). The number of piperidine rings is 1. The van der Waals surface area contributed by atoms with E-state index in [0.717, 1.165) is 30.8 Å². The first-order valence-corrected chi connectivity index (χ1v) is 9.57. The third-order valence-electron chi connectivity index (χ3n) is 4.60. The van der Waals surface area contributed by atoms with Crippen LogP contribution in [-0.2, 0) is 23.2 Å². The average molecular weight is 395 g/mol. The second kappa shape index (κ2) is 8.33. The zero-order chi connectivity index (χ0) is 18.7. The molecule has 8 heteroatoms. The number of carbonyl (C=O) groups is 1. The lowest BCUT2D eigenvalue weighted by molar-refractivity contribution is -0.150. The highest BCUT2D eigenvalue weighted by molar-refractivity contribution is 7.71. The van der Waals surface area contributed by atoms with E-state index in [1.54, 1.807) is 0 Å². The minimum atomic E-state index is -0.108. The Balaban J connectivity index is 1.76. The third-order valence-corrected chi connectivity index (χ3v) is 5.34. The number of carbonyl (C=O) groups excluding carboxylic acids is 1. The van der Waals surface area contributed by atoms with E-state index in [0.29, 0.717) is 29.6 Å². The van der Waals surface area contributed by atoms with Crippen molar-refractivity contribution in [3.8, 4) is 11.4 Å². The molecule has 1 aliphatic heterocycles. The number of hydrogen-bond donors (Lipinski definition) is 0. The summed E-state index contributed by atoms with van der Waals surface area (Å²) in [4.78, 5) is 14.2. The van der Waals surface area contributed by atoms with E-state index in [1.165, 1.54) is 0 Å². The molecule has 0 radical (unpaired) electrons. The van der Waals surface area contributed by atoms with Gasteiger partial charge in [-0.3, -0.25) is 9.69 Å². The van der Waals surface area contributed by atoms with Gasteiger partial charge in [-0.05, 0) is 62.8 Å². The van der Waals surface area contributed by atoms with Crippen LogP contribution in [0.4, 0.5) is 0 Å². The van der Waals surface area contributed by atoms with Crippen molar-refractivity contribution < 1.29 is 9.53 Å². The molecule has 0 bridgehead atoms. The van der Waals surface area contributed by atoms with Gasteiger partial charge < -0.3 is 9.30 Å². The summed E-state index contributed by atoms with van der Waals surface area (Å²) in [5.41, 5.74) is 0.963. The fourth-order valence-electron chi connectivity index (χ4n) is 3.26. The lowest BCUT2D eigenvalue weighted by atomic mass is 9.99. The van der Waals surface area contributed by atoms with Crippen molar-refractivity contribution in [3.63, 3.8) is 0 Å². The predicted octanol–water partition coefficient (Wildman–Crippen LogP) is 3.50. The van der Waals surface area contributed by atoms with Crippen LogP contribution in [0.15, 0.2) is 24.3 Å². The van der Waals surface area contributed by atoms with Crippen LogP contribution in [0.2, 0.25) is 5.02 Å². The van der Waals surface area contributed by atoms with Gasteiger partial charge in [0.2, 0.25) is 0 Å². The smallest absolute Gasteiger partial charge is 0.310 e. The van der Waals surface area contributed by atoms with Gasteiger partial charge in [-0.2, -0.15) is 5.10 Å². The Morgan fingerprint density at radius 3 is 2.81 bits per heavy atom. The van der Waals surface area contributed by atoms with Gasteiger partial charge in [0, 0.05) is 24.2 Å². The summed E-state index contributed by atoms with van der Waals surface area (Å²) in [6.07, 6.45) is 1.84. The monoisotopic (exact) mass is 394 g/mol. The van der Waals surface area contributed by atoms with Crippen molar-refractivity contribution in [2.75, 3.05) is 19.7 Å². The van der Waals surface area contributed by atoms with E-state index < -0.39 is 0 Å². The fraction of sp³-hybridized carbons (Fsp3) is 0.500. The average Bonchev–Trinajstić information content (AvgIpc) is 2.91. The highest BCUT2D eigenvalue weighted by atomic mass is 35.5. The third kappa shape index (κ3) is 4.16. The zero-order valence-electron chi connectivity index (χ0n) is 15.0. The van der Waals surface area contributed by atoms with Crippen molar-refractivity contribution in [2.45, 2.75) is 26.4 Å². The molecule has 0 aliphatic carbocycles. The Morgan fingerprint density at radius 1 is 1.38 bits per heavy atom. The largest absolute Gasteiger partial charge is 0.466 e. The van der Waals surface area contributed by atoms with Crippen LogP contribution in [0.1, 0.15) is 19.8 Å². The van der Waals surface area contributed by atoms with Gasteiger partial charge in [0.05, 0.1) is 19.2 Å². The molecule has 2 heterocycles. The maximum atomic E-state index is 12.0. The topological polar surface area (TPSA) is 52.3 Å². The summed E-state index contributed by atoms with van der Waals surface area (Å²) in [6.45, 7) is 4.42. The minimum absolute atomic E-state index is 0.0719. The number of esters is 1. The van der Waals surface area contributed by atoms with E-state index >= 15 is 0 Å². The van der Waals surface area contributed by atoms with E-state index in [2.05, 4.69) is 10.00 Å². The normalized spacial score (nSPS) is 18.0. The lowest BCUT2D eigenvalue weighted by Gasteiger charge is -2.31. The number of likely N-dealkylation sites (tertiary alicyclic amines) is 1. The maximum Gasteiger partial charge on any atom is 0.310 e. The van der Waals surface area contributed by atoms with Gasteiger partial charge in [0.1, 0.15) is 0 Å². The number of aromatic nitrogens is 3. The van der Waals surface area contributed by atoms with Crippen molar-refractivity contribution >= 4 is 29.8 Å². The van der Waals surface area contributed by atoms with Crippen molar-refractivity contribution in [1.29, 1.82) is 0 Å². The second-order valence-corrected chi connectivity index (χ2v) is 7.28. The molecule has 26 heavy (non-hydrogen) atoms. The molecule has 6 nitrogen and oxygen atoms in total.